The fraction of sp³-hybridized carbons (Fsp3) is 0. The Labute approximate surface area is 150 Å². The number of furan rings is 1. The van der Waals surface area contributed by atoms with E-state index in [4.69, 9.17) is 4.42 Å². The molecule has 24 heavy (non-hydrogen) atoms. The van der Waals surface area contributed by atoms with Gasteiger partial charge in [-0.15, -0.1) is 11.3 Å². The van der Waals surface area contributed by atoms with Gasteiger partial charge in [-0.2, -0.15) is 0 Å². The number of anilines is 1. The number of carbonyl (C=O) groups excluding carboxylic acids is 1. The first-order valence-corrected chi connectivity index (χ1v) is 8.73. The number of aliphatic imine (C=N–C) groups is 1. The number of carbonyl (C=O) groups is 1. The Balaban J connectivity index is 1.82. The summed E-state index contributed by atoms with van der Waals surface area (Å²) in [4.78, 5) is 23.2. The molecule has 5 nitrogen and oxygen atoms in total. The van der Waals surface area contributed by atoms with Crippen LogP contribution in [0, 0.1) is 0 Å². The molecule has 3 heterocycles. The number of amidine groups is 1. The van der Waals surface area contributed by atoms with Gasteiger partial charge in [-0.25, -0.2) is 14.9 Å². The molecule has 0 unspecified atom stereocenters. The summed E-state index contributed by atoms with van der Waals surface area (Å²) < 4.78 is 6.25. The van der Waals surface area contributed by atoms with Crippen molar-refractivity contribution >= 4 is 50.2 Å². The van der Waals surface area contributed by atoms with Crippen molar-refractivity contribution in [2.24, 2.45) is 4.99 Å². The summed E-state index contributed by atoms with van der Waals surface area (Å²) in [6.45, 7) is 0. The van der Waals surface area contributed by atoms with Crippen molar-refractivity contribution < 1.29 is 9.21 Å². The van der Waals surface area contributed by atoms with Crippen molar-refractivity contribution in [1.29, 1.82) is 0 Å². The van der Waals surface area contributed by atoms with Crippen molar-refractivity contribution in [3.05, 3.63) is 75.7 Å². The third-order valence-corrected chi connectivity index (χ3v) is 4.68. The van der Waals surface area contributed by atoms with E-state index >= 15 is 0 Å². The summed E-state index contributed by atoms with van der Waals surface area (Å²) >= 11 is 4.81. The van der Waals surface area contributed by atoms with Gasteiger partial charge in [-0.3, -0.25) is 4.79 Å². The van der Waals surface area contributed by atoms with E-state index in [0.717, 1.165) is 10.0 Å². The molecular formula is C17H10BrN3O2S. The highest BCUT2D eigenvalue weighted by molar-refractivity contribution is 9.10. The zero-order chi connectivity index (χ0) is 16.5. The minimum absolute atomic E-state index is 0.223. The Morgan fingerprint density at radius 1 is 1.21 bits per heavy atom. The monoisotopic (exact) mass is 399 g/mol. The van der Waals surface area contributed by atoms with Gasteiger partial charge in [0.25, 0.3) is 5.91 Å². The van der Waals surface area contributed by atoms with Crippen molar-refractivity contribution in [3.8, 4) is 0 Å². The summed E-state index contributed by atoms with van der Waals surface area (Å²) in [7, 11) is 0. The summed E-state index contributed by atoms with van der Waals surface area (Å²) in [5.74, 6) is 0.915. The first-order chi connectivity index (χ1) is 11.7. The number of benzene rings is 1. The second-order valence-electron chi connectivity index (χ2n) is 4.94. The summed E-state index contributed by atoms with van der Waals surface area (Å²) in [5, 5.41) is 2.42. The number of halogens is 1. The summed E-state index contributed by atoms with van der Waals surface area (Å²) in [5.41, 5.74) is 1.16. The third-order valence-electron chi connectivity index (χ3n) is 3.40. The smallest absolute Gasteiger partial charge is 0.284 e. The van der Waals surface area contributed by atoms with E-state index < -0.39 is 0 Å². The lowest BCUT2D eigenvalue weighted by molar-refractivity contribution is -0.113. The Kier molecular flexibility index (Phi) is 3.87. The Hall–Kier alpha value is -2.51. The molecule has 0 fully saturated rings. The van der Waals surface area contributed by atoms with Crippen LogP contribution in [0.25, 0.3) is 6.08 Å². The highest BCUT2D eigenvalue weighted by Gasteiger charge is 2.34. The molecule has 1 aliphatic heterocycles. The fourth-order valence-corrected chi connectivity index (χ4v) is 3.23. The molecule has 0 aliphatic carbocycles. The van der Waals surface area contributed by atoms with Gasteiger partial charge < -0.3 is 4.42 Å². The molecule has 0 spiro atoms. The van der Waals surface area contributed by atoms with Gasteiger partial charge in [0.1, 0.15) is 17.3 Å². The molecule has 0 bridgehead atoms. The molecule has 1 amide bonds. The van der Waals surface area contributed by atoms with Crippen LogP contribution in [0.2, 0.25) is 0 Å². The molecule has 118 valence electrons. The number of amides is 1. The molecule has 0 saturated heterocycles. The lowest BCUT2D eigenvalue weighted by Gasteiger charge is -2.14. The minimum atomic E-state index is -0.223. The van der Waals surface area contributed by atoms with Crippen LogP contribution in [-0.4, -0.2) is 16.7 Å². The fourth-order valence-electron chi connectivity index (χ4n) is 2.32. The van der Waals surface area contributed by atoms with Gasteiger partial charge in [-0.1, -0.05) is 28.1 Å². The Morgan fingerprint density at radius 3 is 2.71 bits per heavy atom. The minimum Gasteiger partial charge on any atom is -0.465 e. The number of aromatic nitrogens is 1. The molecule has 7 heteroatoms. The normalized spacial score (nSPS) is 16.0. The largest absolute Gasteiger partial charge is 0.465 e. The van der Waals surface area contributed by atoms with Crippen LogP contribution in [0.15, 0.2) is 73.8 Å². The van der Waals surface area contributed by atoms with Gasteiger partial charge in [0.05, 0.1) is 6.26 Å². The topological polar surface area (TPSA) is 58.7 Å². The van der Waals surface area contributed by atoms with E-state index in [9.17, 15) is 4.79 Å². The van der Waals surface area contributed by atoms with Crippen LogP contribution in [0.4, 0.5) is 5.13 Å². The van der Waals surface area contributed by atoms with Crippen LogP contribution in [0.3, 0.4) is 0 Å². The SMILES string of the molecule is O=C1/C(=C\c2ccco2)N=C(c2ccc(Br)cc2)N1c1nccs1. The number of thiazole rings is 1. The average molecular weight is 400 g/mol. The van der Waals surface area contributed by atoms with Gasteiger partial charge in [-0.05, 0) is 24.3 Å². The maximum atomic E-state index is 12.8. The molecule has 2 aromatic heterocycles. The van der Waals surface area contributed by atoms with Crippen molar-refractivity contribution in [2.75, 3.05) is 4.90 Å². The van der Waals surface area contributed by atoms with E-state index in [1.165, 1.54) is 16.2 Å². The molecule has 1 aromatic carbocycles. The third kappa shape index (κ3) is 2.72. The maximum absolute atomic E-state index is 12.8. The first-order valence-electron chi connectivity index (χ1n) is 7.06. The lowest BCUT2D eigenvalue weighted by Crippen LogP contribution is -2.32. The molecule has 0 saturated carbocycles. The predicted molar refractivity (Wildman–Crippen MR) is 97.0 cm³/mol. The quantitative estimate of drug-likeness (QED) is 0.615. The standard InChI is InChI=1S/C17H10BrN3O2S/c18-12-5-3-11(4-6-12)15-20-14(10-13-2-1-8-23-13)16(22)21(15)17-19-7-9-24-17/h1-10H/b14-10+. The van der Waals surface area contributed by atoms with Gasteiger partial charge >= 0.3 is 0 Å². The van der Waals surface area contributed by atoms with Gasteiger partial charge in [0.2, 0.25) is 0 Å². The van der Waals surface area contributed by atoms with Crippen molar-refractivity contribution in [2.45, 2.75) is 0 Å². The second-order valence-corrected chi connectivity index (χ2v) is 6.73. The molecule has 0 atom stereocenters. The summed E-state index contributed by atoms with van der Waals surface area (Å²) in [6.07, 6.45) is 4.86. The number of hydrogen-bond acceptors (Lipinski definition) is 5. The highest BCUT2D eigenvalue weighted by atomic mass is 79.9. The molecule has 4 rings (SSSR count). The number of rotatable bonds is 3. The number of nitrogens with zero attached hydrogens (tertiary/aromatic N) is 3. The zero-order valence-electron chi connectivity index (χ0n) is 12.2. The molecule has 0 N–H and O–H groups in total. The lowest BCUT2D eigenvalue weighted by atomic mass is 10.2. The zero-order valence-corrected chi connectivity index (χ0v) is 14.6. The Bertz CT molecular complexity index is 929. The maximum Gasteiger partial charge on any atom is 0.284 e. The highest BCUT2D eigenvalue weighted by Crippen LogP contribution is 2.29. The Morgan fingerprint density at radius 2 is 2.04 bits per heavy atom. The molecule has 1 aliphatic rings. The second kappa shape index (κ2) is 6.18. The molecule has 3 aromatic rings. The van der Waals surface area contributed by atoms with Crippen LogP contribution >= 0.6 is 27.3 Å². The van der Waals surface area contributed by atoms with Crippen LogP contribution in [0.5, 0.6) is 0 Å². The van der Waals surface area contributed by atoms with Crippen LogP contribution < -0.4 is 4.90 Å². The predicted octanol–water partition coefficient (Wildman–Crippen LogP) is 4.33. The first kappa shape index (κ1) is 15.0. The molecule has 0 radical (unpaired) electrons. The van der Waals surface area contributed by atoms with Gasteiger partial charge in [0.15, 0.2) is 5.13 Å². The van der Waals surface area contributed by atoms with Crippen LogP contribution in [0.1, 0.15) is 11.3 Å². The van der Waals surface area contributed by atoms with Crippen LogP contribution in [-0.2, 0) is 4.79 Å². The van der Waals surface area contributed by atoms with Crippen molar-refractivity contribution in [1.82, 2.24) is 4.98 Å². The van der Waals surface area contributed by atoms with Gasteiger partial charge in [0, 0.05) is 27.7 Å². The molecular weight excluding hydrogens is 390 g/mol. The number of hydrogen-bond donors (Lipinski definition) is 0. The van der Waals surface area contributed by atoms with E-state index in [1.54, 1.807) is 30.7 Å². The summed E-state index contributed by atoms with van der Waals surface area (Å²) in [6, 6.07) is 11.2. The van der Waals surface area contributed by atoms with E-state index in [2.05, 4.69) is 25.9 Å². The van der Waals surface area contributed by atoms with Crippen molar-refractivity contribution in [3.63, 3.8) is 0 Å². The van der Waals surface area contributed by atoms with E-state index in [1.807, 2.05) is 29.6 Å². The van der Waals surface area contributed by atoms with E-state index in [0.29, 0.717) is 22.4 Å². The average Bonchev–Trinajstić information content (AvgIpc) is 3.31. The van der Waals surface area contributed by atoms with E-state index in [-0.39, 0.29) is 5.91 Å².